The number of hydrogen-bond donors (Lipinski definition) is 1. The molecule has 0 saturated carbocycles. The van der Waals surface area contributed by atoms with Gasteiger partial charge in [-0.1, -0.05) is 19.1 Å². The average Bonchev–Trinajstić information content (AvgIpc) is 2.84. The van der Waals surface area contributed by atoms with Crippen molar-refractivity contribution in [2.75, 3.05) is 6.54 Å². The van der Waals surface area contributed by atoms with Crippen LogP contribution in [0.3, 0.4) is 0 Å². The molecule has 0 spiro atoms. The number of sulfone groups is 1. The van der Waals surface area contributed by atoms with E-state index in [1.54, 1.807) is 12.1 Å². The van der Waals surface area contributed by atoms with Crippen LogP contribution in [0.4, 0.5) is 0 Å². The number of hydrogen-bond acceptors (Lipinski definition) is 5. The molecule has 1 fully saturated rings. The van der Waals surface area contributed by atoms with E-state index in [0.717, 1.165) is 6.42 Å². The van der Waals surface area contributed by atoms with Crippen LogP contribution in [0.15, 0.2) is 53.4 Å². The summed E-state index contributed by atoms with van der Waals surface area (Å²) in [5, 5.41) is 8.95. The first-order chi connectivity index (χ1) is 12.9. The molecule has 144 valence electrons. The molecule has 1 atom stereocenters. The number of nitrogens with zero attached hydrogens (tertiary/aromatic N) is 1. The van der Waals surface area contributed by atoms with E-state index >= 15 is 0 Å². The predicted octanol–water partition coefficient (Wildman–Crippen LogP) is 3.59. The molecule has 0 aliphatic carbocycles. The zero-order valence-corrected chi connectivity index (χ0v) is 16.0. The fraction of sp³-hybridized carbons (Fsp3) is 0.350. The molecule has 1 N–H and O–H groups in total. The van der Waals surface area contributed by atoms with Gasteiger partial charge in [-0.3, -0.25) is 10.0 Å². The van der Waals surface area contributed by atoms with Crippen molar-refractivity contribution in [3.05, 3.63) is 54.1 Å². The van der Waals surface area contributed by atoms with Crippen molar-refractivity contribution in [2.24, 2.45) is 0 Å². The van der Waals surface area contributed by atoms with Crippen LogP contribution >= 0.6 is 0 Å². The van der Waals surface area contributed by atoms with Crippen molar-refractivity contribution in [3.63, 3.8) is 0 Å². The van der Waals surface area contributed by atoms with E-state index in [1.165, 1.54) is 17.7 Å². The largest absolute Gasteiger partial charge is 0.457 e. The molecule has 27 heavy (non-hydrogen) atoms. The van der Waals surface area contributed by atoms with Gasteiger partial charge in [-0.15, -0.1) is 0 Å². The van der Waals surface area contributed by atoms with E-state index in [2.05, 4.69) is 6.92 Å². The summed E-state index contributed by atoms with van der Waals surface area (Å²) in [4.78, 5) is 12.2. The maximum atomic E-state index is 12.8. The molecule has 1 heterocycles. The summed E-state index contributed by atoms with van der Waals surface area (Å²) in [6.07, 6.45) is 2.30. The fourth-order valence-corrected chi connectivity index (χ4v) is 4.78. The van der Waals surface area contributed by atoms with Crippen LogP contribution in [-0.4, -0.2) is 36.4 Å². The van der Waals surface area contributed by atoms with Gasteiger partial charge in [0.25, 0.3) is 5.91 Å². The average molecular weight is 389 g/mol. The Balaban J connectivity index is 1.77. The molecular formula is C20H23NO5S. The highest BCUT2D eigenvalue weighted by Crippen LogP contribution is 2.27. The number of carbonyl (C=O) groups excluding carboxylic acids is 1. The Bertz CT molecular complexity index is 891. The van der Waals surface area contributed by atoms with Gasteiger partial charge in [-0.05, 0) is 67.6 Å². The summed E-state index contributed by atoms with van der Waals surface area (Å²) < 4.78 is 31.4. The first kappa shape index (κ1) is 19.4. The van der Waals surface area contributed by atoms with E-state index in [9.17, 15) is 18.4 Å². The fourth-order valence-electron chi connectivity index (χ4n) is 3.07. The van der Waals surface area contributed by atoms with Crippen LogP contribution in [0.5, 0.6) is 11.5 Å². The number of benzene rings is 2. The molecule has 1 saturated heterocycles. The second kappa shape index (κ2) is 8.10. The van der Waals surface area contributed by atoms with Gasteiger partial charge in [0.05, 0.1) is 4.90 Å². The molecule has 2 aromatic carbocycles. The Kier molecular flexibility index (Phi) is 5.82. The highest BCUT2D eigenvalue weighted by molar-refractivity contribution is 7.92. The van der Waals surface area contributed by atoms with Gasteiger partial charge in [-0.2, -0.15) is 0 Å². The summed E-state index contributed by atoms with van der Waals surface area (Å²) in [7, 11) is -3.87. The van der Waals surface area contributed by atoms with E-state index < -0.39 is 21.0 Å². The highest BCUT2D eigenvalue weighted by Gasteiger charge is 2.37. The maximum Gasteiger partial charge on any atom is 0.264 e. The van der Waals surface area contributed by atoms with Crippen molar-refractivity contribution in [2.45, 2.75) is 42.8 Å². The van der Waals surface area contributed by atoms with Gasteiger partial charge in [0, 0.05) is 6.54 Å². The first-order valence-electron chi connectivity index (χ1n) is 9.03. The van der Waals surface area contributed by atoms with Crippen molar-refractivity contribution >= 4 is 15.7 Å². The van der Waals surface area contributed by atoms with E-state index in [0.29, 0.717) is 29.4 Å². The summed E-state index contributed by atoms with van der Waals surface area (Å²) in [6, 6.07) is 13.7. The Labute approximate surface area is 159 Å². The lowest BCUT2D eigenvalue weighted by molar-refractivity contribution is -0.163. The Morgan fingerprint density at radius 3 is 2.22 bits per heavy atom. The normalized spacial score (nSPS) is 18.2. The van der Waals surface area contributed by atoms with Gasteiger partial charge in [0.15, 0.2) is 9.84 Å². The number of amides is 1. The Hall–Kier alpha value is -2.38. The summed E-state index contributed by atoms with van der Waals surface area (Å²) in [6.45, 7) is 2.23. The van der Waals surface area contributed by atoms with E-state index in [4.69, 9.17) is 4.74 Å². The van der Waals surface area contributed by atoms with Gasteiger partial charge < -0.3 is 4.74 Å². The Morgan fingerprint density at radius 1 is 1.04 bits per heavy atom. The number of carbonyl (C=O) groups is 1. The standard InChI is InChI=1S/C20H23NO5S/c1-2-15-6-8-16(9-7-15)26-17-10-12-18(13-11-17)27(24,25)19-5-3-4-14-21(23)20(19)22/h6-13,19,23H,2-5,14H2,1H3. The molecule has 0 radical (unpaired) electrons. The number of aryl methyl sites for hydroxylation is 1. The minimum absolute atomic E-state index is 0.0461. The Morgan fingerprint density at radius 2 is 1.63 bits per heavy atom. The zero-order chi connectivity index (χ0) is 19.4. The molecular weight excluding hydrogens is 366 g/mol. The van der Waals surface area contributed by atoms with E-state index in [1.807, 2.05) is 24.3 Å². The van der Waals surface area contributed by atoms with Crippen molar-refractivity contribution in [1.29, 1.82) is 0 Å². The third-order valence-corrected chi connectivity index (χ3v) is 6.83. The van der Waals surface area contributed by atoms with Crippen molar-refractivity contribution < 1.29 is 23.2 Å². The lowest BCUT2D eigenvalue weighted by Gasteiger charge is -2.18. The quantitative estimate of drug-likeness (QED) is 0.790. The number of rotatable bonds is 5. The van der Waals surface area contributed by atoms with Crippen LogP contribution in [0.1, 0.15) is 31.7 Å². The third-order valence-electron chi connectivity index (χ3n) is 4.71. The molecule has 3 rings (SSSR count). The van der Waals surface area contributed by atoms with Crippen molar-refractivity contribution in [1.82, 2.24) is 5.06 Å². The molecule has 2 aromatic rings. The minimum Gasteiger partial charge on any atom is -0.457 e. The number of hydroxylamine groups is 2. The molecule has 1 unspecified atom stereocenters. The van der Waals surface area contributed by atoms with Gasteiger partial charge in [0.1, 0.15) is 16.7 Å². The van der Waals surface area contributed by atoms with Crippen LogP contribution in [0, 0.1) is 0 Å². The van der Waals surface area contributed by atoms with Crippen molar-refractivity contribution in [3.8, 4) is 11.5 Å². The second-order valence-corrected chi connectivity index (χ2v) is 8.69. The lowest BCUT2D eigenvalue weighted by Crippen LogP contribution is -2.39. The number of ether oxygens (including phenoxy) is 1. The summed E-state index contributed by atoms with van der Waals surface area (Å²) in [5.74, 6) is 0.413. The summed E-state index contributed by atoms with van der Waals surface area (Å²) >= 11 is 0. The van der Waals surface area contributed by atoms with Crippen LogP contribution in [-0.2, 0) is 21.1 Å². The predicted molar refractivity (Wildman–Crippen MR) is 101 cm³/mol. The van der Waals surface area contributed by atoms with E-state index in [-0.39, 0.29) is 17.9 Å². The maximum absolute atomic E-state index is 12.8. The van der Waals surface area contributed by atoms with Gasteiger partial charge >= 0.3 is 0 Å². The minimum atomic E-state index is -3.87. The lowest BCUT2D eigenvalue weighted by atomic mass is 10.2. The molecule has 6 nitrogen and oxygen atoms in total. The third kappa shape index (κ3) is 4.31. The van der Waals surface area contributed by atoms with Crippen LogP contribution < -0.4 is 4.74 Å². The highest BCUT2D eigenvalue weighted by atomic mass is 32.2. The molecule has 7 heteroatoms. The van der Waals surface area contributed by atoms with Gasteiger partial charge in [-0.25, -0.2) is 13.5 Å². The molecule has 0 aromatic heterocycles. The monoisotopic (exact) mass is 389 g/mol. The summed E-state index contributed by atoms with van der Waals surface area (Å²) in [5.41, 5.74) is 1.20. The first-order valence-corrected chi connectivity index (χ1v) is 10.6. The van der Waals surface area contributed by atoms with Crippen LogP contribution in [0.25, 0.3) is 0 Å². The topological polar surface area (TPSA) is 83.9 Å². The molecule has 1 aliphatic rings. The zero-order valence-electron chi connectivity index (χ0n) is 15.2. The SMILES string of the molecule is CCc1ccc(Oc2ccc(S(=O)(=O)C3CCCCN(O)C3=O)cc2)cc1. The smallest absolute Gasteiger partial charge is 0.264 e. The molecule has 1 amide bonds. The second-order valence-electron chi connectivity index (χ2n) is 6.56. The van der Waals surface area contributed by atoms with Crippen LogP contribution in [0.2, 0.25) is 0 Å². The molecule has 0 bridgehead atoms. The van der Waals surface area contributed by atoms with Gasteiger partial charge in [0.2, 0.25) is 0 Å². The molecule has 1 aliphatic heterocycles.